The van der Waals surface area contributed by atoms with Gasteiger partial charge in [0.2, 0.25) is 0 Å². The monoisotopic (exact) mass is 255 g/mol. The fourth-order valence-corrected chi connectivity index (χ4v) is 3.02. The van der Waals surface area contributed by atoms with E-state index < -0.39 is 5.97 Å². The highest BCUT2D eigenvalue weighted by Gasteiger charge is 2.15. The average Bonchev–Trinajstić information content (AvgIpc) is 2.78. The first-order valence-electron chi connectivity index (χ1n) is 7.55. The summed E-state index contributed by atoms with van der Waals surface area (Å²) >= 11 is 0. The molecule has 0 heterocycles. The van der Waals surface area contributed by atoms with Gasteiger partial charge in [-0.2, -0.15) is 0 Å². The molecule has 1 aliphatic carbocycles. The molecule has 0 aromatic heterocycles. The Morgan fingerprint density at radius 2 is 1.94 bits per heavy atom. The van der Waals surface area contributed by atoms with E-state index in [2.05, 4.69) is 6.92 Å². The first kappa shape index (κ1) is 15.5. The van der Waals surface area contributed by atoms with Crippen LogP contribution in [0.25, 0.3) is 0 Å². The second-order valence-corrected chi connectivity index (χ2v) is 6.12. The highest BCUT2D eigenvalue weighted by molar-refractivity contribution is 5.67. The Hall–Kier alpha value is -0.570. The molecule has 0 radical (unpaired) electrons. The van der Waals surface area contributed by atoms with E-state index in [-0.39, 0.29) is 12.5 Å². The number of hydrogen-bond acceptors (Lipinski definition) is 2. The molecule has 3 N–H and O–H groups in total. The van der Waals surface area contributed by atoms with E-state index in [4.69, 9.17) is 10.8 Å². The molecule has 0 bridgehead atoms. The number of hydrogen-bond donors (Lipinski definition) is 2. The van der Waals surface area contributed by atoms with Crippen molar-refractivity contribution in [3.8, 4) is 0 Å². The number of carboxylic acid groups (broad SMARTS) is 1. The number of carboxylic acids is 1. The van der Waals surface area contributed by atoms with Gasteiger partial charge in [-0.3, -0.25) is 4.79 Å². The highest BCUT2D eigenvalue weighted by atomic mass is 16.4. The maximum Gasteiger partial charge on any atom is 0.304 e. The number of aliphatic carboxylic acids is 1. The lowest BCUT2D eigenvalue weighted by Crippen LogP contribution is -2.24. The molecule has 1 aliphatic rings. The van der Waals surface area contributed by atoms with Gasteiger partial charge in [-0.15, -0.1) is 0 Å². The second-order valence-electron chi connectivity index (χ2n) is 6.12. The molecule has 3 nitrogen and oxygen atoms in total. The molecular formula is C15H29NO2. The van der Waals surface area contributed by atoms with Gasteiger partial charge in [-0.1, -0.05) is 51.9 Å². The molecule has 3 heteroatoms. The van der Waals surface area contributed by atoms with Crippen LogP contribution < -0.4 is 5.73 Å². The van der Waals surface area contributed by atoms with Crippen molar-refractivity contribution in [1.29, 1.82) is 0 Å². The molecule has 0 amide bonds. The van der Waals surface area contributed by atoms with Crippen LogP contribution in [-0.4, -0.2) is 17.1 Å². The van der Waals surface area contributed by atoms with Gasteiger partial charge >= 0.3 is 5.97 Å². The van der Waals surface area contributed by atoms with E-state index in [1.54, 1.807) is 0 Å². The van der Waals surface area contributed by atoms with Crippen LogP contribution in [0.2, 0.25) is 0 Å². The Balaban J connectivity index is 1.99. The van der Waals surface area contributed by atoms with Gasteiger partial charge in [0.25, 0.3) is 0 Å². The third-order valence-corrected chi connectivity index (χ3v) is 4.25. The van der Waals surface area contributed by atoms with Crippen LogP contribution >= 0.6 is 0 Å². The number of nitrogens with two attached hydrogens (primary N) is 1. The molecule has 1 fully saturated rings. The van der Waals surface area contributed by atoms with Gasteiger partial charge in [0, 0.05) is 6.04 Å². The number of rotatable bonds is 9. The number of carbonyl (C=O) groups is 1. The summed E-state index contributed by atoms with van der Waals surface area (Å²) in [5, 5.41) is 8.63. The molecule has 1 rings (SSSR count). The van der Waals surface area contributed by atoms with Crippen molar-refractivity contribution in [3.05, 3.63) is 0 Å². The van der Waals surface area contributed by atoms with E-state index in [0.29, 0.717) is 5.92 Å². The third-order valence-electron chi connectivity index (χ3n) is 4.25. The van der Waals surface area contributed by atoms with Crippen molar-refractivity contribution in [3.63, 3.8) is 0 Å². The SMILES string of the molecule is C[C@@H](CCCC1CCCC1)CC[C@H](N)CC(=O)O. The van der Waals surface area contributed by atoms with E-state index in [1.165, 1.54) is 44.9 Å². The maximum absolute atomic E-state index is 10.5. The molecule has 0 aliphatic heterocycles. The molecule has 0 spiro atoms. The largest absolute Gasteiger partial charge is 0.481 e. The van der Waals surface area contributed by atoms with Crippen molar-refractivity contribution in [2.45, 2.75) is 77.2 Å². The van der Waals surface area contributed by atoms with Gasteiger partial charge in [-0.05, 0) is 24.7 Å². The summed E-state index contributed by atoms with van der Waals surface area (Å²) in [6.45, 7) is 2.27. The predicted molar refractivity (Wildman–Crippen MR) is 74.4 cm³/mol. The lowest BCUT2D eigenvalue weighted by Gasteiger charge is -2.15. The maximum atomic E-state index is 10.5. The van der Waals surface area contributed by atoms with Crippen LogP contribution in [-0.2, 0) is 4.79 Å². The van der Waals surface area contributed by atoms with Crippen LogP contribution in [0.1, 0.15) is 71.1 Å². The Morgan fingerprint density at radius 3 is 2.56 bits per heavy atom. The summed E-state index contributed by atoms with van der Waals surface area (Å²) < 4.78 is 0. The van der Waals surface area contributed by atoms with Crippen LogP contribution in [0.4, 0.5) is 0 Å². The predicted octanol–water partition coefficient (Wildman–Crippen LogP) is 3.57. The minimum absolute atomic E-state index is 0.106. The van der Waals surface area contributed by atoms with Gasteiger partial charge in [0.1, 0.15) is 0 Å². The highest BCUT2D eigenvalue weighted by Crippen LogP contribution is 2.30. The third kappa shape index (κ3) is 7.00. The summed E-state index contributed by atoms with van der Waals surface area (Å²) in [5.74, 6) is 0.897. The standard InChI is InChI=1S/C15H29NO2/c1-12(9-10-14(16)11-15(17)18)5-4-8-13-6-2-3-7-13/h12-14H,2-11,16H2,1H3,(H,17,18)/t12-,14-/m0/s1. The van der Waals surface area contributed by atoms with E-state index in [9.17, 15) is 4.79 Å². The zero-order valence-corrected chi connectivity index (χ0v) is 11.7. The molecule has 0 saturated heterocycles. The molecule has 0 unspecified atom stereocenters. The van der Waals surface area contributed by atoms with Crippen molar-refractivity contribution >= 4 is 5.97 Å². The van der Waals surface area contributed by atoms with Crippen LogP contribution in [0.15, 0.2) is 0 Å². The smallest absolute Gasteiger partial charge is 0.304 e. The summed E-state index contributed by atoms with van der Waals surface area (Å²) in [6.07, 6.45) is 11.8. The molecule has 1 saturated carbocycles. The topological polar surface area (TPSA) is 63.3 Å². The van der Waals surface area contributed by atoms with Crippen LogP contribution in [0.3, 0.4) is 0 Å². The summed E-state index contributed by atoms with van der Waals surface area (Å²) in [4.78, 5) is 10.5. The van der Waals surface area contributed by atoms with Crippen LogP contribution in [0, 0.1) is 11.8 Å². The summed E-state index contributed by atoms with van der Waals surface area (Å²) in [5.41, 5.74) is 5.77. The van der Waals surface area contributed by atoms with Crippen LogP contribution in [0.5, 0.6) is 0 Å². The van der Waals surface area contributed by atoms with E-state index in [0.717, 1.165) is 18.8 Å². The Kier molecular flexibility index (Phi) is 7.33. The Bertz CT molecular complexity index is 237. The van der Waals surface area contributed by atoms with Crippen molar-refractivity contribution in [1.82, 2.24) is 0 Å². The second kappa shape index (κ2) is 8.52. The fraction of sp³-hybridized carbons (Fsp3) is 0.933. The fourth-order valence-electron chi connectivity index (χ4n) is 3.02. The van der Waals surface area contributed by atoms with Gasteiger partial charge < -0.3 is 10.8 Å². The molecule has 2 atom stereocenters. The lowest BCUT2D eigenvalue weighted by molar-refractivity contribution is -0.137. The minimum atomic E-state index is -0.781. The zero-order chi connectivity index (χ0) is 13.4. The Labute approximate surface area is 111 Å². The van der Waals surface area contributed by atoms with Crippen molar-refractivity contribution in [2.24, 2.45) is 17.6 Å². The van der Waals surface area contributed by atoms with Crippen molar-refractivity contribution in [2.75, 3.05) is 0 Å². The lowest BCUT2D eigenvalue weighted by atomic mass is 9.92. The molecule has 18 heavy (non-hydrogen) atoms. The molecule has 0 aromatic rings. The minimum Gasteiger partial charge on any atom is -0.481 e. The van der Waals surface area contributed by atoms with E-state index >= 15 is 0 Å². The van der Waals surface area contributed by atoms with E-state index in [1.807, 2.05) is 0 Å². The summed E-state index contributed by atoms with van der Waals surface area (Å²) in [7, 11) is 0. The normalized spacial score (nSPS) is 19.9. The average molecular weight is 255 g/mol. The zero-order valence-electron chi connectivity index (χ0n) is 11.7. The molecular weight excluding hydrogens is 226 g/mol. The first-order chi connectivity index (χ1) is 8.58. The molecule has 106 valence electrons. The van der Waals surface area contributed by atoms with Gasteiger partial charge in [0.15, 0.2) is 0 Å². The first-order valence-corrected chi connectivity index (χ1v) is 7.55. The molecule has 0 aromatic carbocycles. The quantitative estimate of drug-likeness (QED) is 0.662. The Morgan fingerprint density at radius 1 is 1.28 bits per heavy atom. The van der Waals surface area contributed by atoms with Crippen molar-refractivity contribution < 1.29 is 9.90 Å². The summed E-state index contributed by atoms with van der Waals surface area (Å²) in [6, 6.07) is -0.167. The van der Waals surface area contributed by atoms with Gasteiger partial charge in [-0.25, -0.2) is 0 Å². The van der Waals surface area contributed by atoms with Gasteiger partial charge in [0.05, 0.1) is 6.42 Å².